The number of halogens is 2. The van der Waals surface area contributed by atoms with Crippen LogP contribution in [0.3, 0.4) is 0 Å². The molecule has 0 saturated heterocycles. The van der Waals surface area contributed by atoms with Crippen LogP contribution in [0.4, 0.5) is 8.78 Å². The van der Waals surface area contributed by atoms with Gasteiger partial charge in [0.2, 0.25) is 0 Å². The Hall–Kier alpha value is -0.860. The molecule has 0 spiro atoms. The SMILES string of the molecule is CC(C)(C)c1cc(F)c(F)o1. The van der Waals surface area contributed by atoms with Crippen molar-refractivity contribution >= 4 is 0 Å². The number of furan rings is 1. The third-order valence-electron chi connectivity index (χ3n) is 1.38. The van der Waals surface area contributed by atoms with Crippen molar-refractivity contribution in [3.05, 3.63) is 23.7 Å². The quantitative estimate of drug-likeness (QED) is 0.568. The molecule has 1 rings (SSSR count). The predicted molar refractivity (Wildman–Crippen MR) is 37.3 cm³/mol. The topological polar surface area (TPSA) is 13.1 Å². The fraction of sp³-hybridized carbons (Fsp3) is 0.500. The van der Waals surface area contributed by atoms with Crippen LogP contribution in [0.1, 0.15) is 26.5 Å². The normalized spacial score (nSPS) is 12.1. The molecule has 62 valence electrons. The second kappa shape index (κ2) is 2.32. The molecule has 1 nitrogen and oxygen atoms in total. The maximum absolute atomic E-state index is 12.4. The molecule has 0 atom stereocenters. The third kappa shape index (κ3) is 1.59. The van der Waals surface area contributed by atoms with Crippen LogP contribution < -0.4 is 0 Å². The van der Waals surface area contributed by atoms with Crippen LogP contribution in [0.15, 0.2) is 10.5 Å². The Kier molecular flexibility index (Phi) is 1.74. The van der Waals surface area contributed by atoms with Gasteiger partial charge < -0.3 is 4.42 Å². The van der Waals surface area contributed by atoms with Gasteiger partial charge >= 0.3 is 6.01 Å². The van der Waals surface area contributed by atoms with Crippen LogP contribution >= 0.6 is 0 Å². The Morgan fingerprint density at radius 3 is 2.00 bits per heavy atom. The first-order chi connectivity index (χ1) is 4.91. The number of hydrogen-bond donors (Lipinski definition) is 0. The van der Waals surface area contributed by atoms with Crippen LogP contribution in [0.5, 0.6) is 0 Å². The molecule has 0 aromatic carbocycles. The van der Waals surface area contributed by atoms with Gasteiger partial charge in [-0.1, -0.05) is 20.8 Å². The first-order valence-corrected chi connectivity index (χ1v) is 3.36. The Balaban J connectivity index is 3.08. The highest BCUT2D eigenvalue weighted by molar-refractivity contribution is 5.11. The minimum Gasteiger partial charge on any atom is -0.433 e. The van der Waals surface area contributed by atoms with E-state index in [4.69, 9.17) is 0 Å². The van der Waals surface area contributed by atoms with E-state index in [9.17, 15) is 8.78 Å². The second-order valence-corrected chi connectivity index (χ2v) is 3.48. The van der Waals surface area contributed by atoms with Crippen LogP contribution in [-0.4, -0.2) is 0 Å². The van der Waals surface area contributed by atoms with E-state index in [1.807, 2.05) is 20.8 Å². The summed E-state index contributed by atoms with van der Waals surface area (Å²) in [5, 5.41) is 0. The zero-order chi connectivity index (χ0) is 8.65. The van der Waals surface area contributed by atoms with Gasteiger partial charge in [0.25, 0.3) is 0 Å². The van der Waals surface area contributed by atoms with Crippen molar-refractivity contribution in [2.45, 2.75) is 26.2 Å². The fourth-order valence-corrected chi connectivity index (χ4v) is 0.716. The molecule has 1 aromatic rings. The first kappa shape index (κ1) is 8.24. The molecule has 11 heavy (non-hydrogen) atoms. The molecule has 0 saturated carbocycles. The summed E-state index contributed by atoms with van der Waals surface area (Å²) in [6.07, 6.45) is 0. The minimum atomic E-state index is -1.13. The lowest BCUT2D eigenvalue weighted by molar-refractivity contribution is 0.285. The highest BCUT2D eigenvalue weighted by atomic mass is 19.2. The van der Waals surface area contributed by atoms with Crippen molar-refractivity contribution in [2.24, 2.45) is 0 Å². The summed E-state index contributed by atoms with van der Waals surface area (Å²) in [6, 6.07) is -0.0510. The largest absolute Gasteiger partial charge is 0.433 e. The molecular weight excluding hydrogens is 150 g/mol. The van der Waals surface area contributed by atoms with Gasteiger partial charge in [0.05, 0.1) is 0 Å². The van der Waals surface area contributed by atoms with E-state index in [0.717, 1.165) is 6.07 Å². The van der Waals surface area contributed by atoms with Gasteiger partial charge in [0, 0.05) is 11.5 Å². The Bertz CT molecular complexity index is 238. The molecule has 0 radical (unpaired) electrons. The van der Waals surface area contributed by atoms with E-state index < -0.39 is 11.8 Å². The summed E-state index contributed by atoms with van der Waals surface area (Å²) in [4.78, 5) is 0. The highest BCUT2D eigenvalue weighted by Crippen LogP contribution is 2.25. The van der Waals surface area contributed by atoms with Crippen LogP contribution in [-0.2, 0) is 5.41 Å². The van der Waals surface area contributed by atoms with E-state index in [0.29, 0.717) is 5.76 Å². The molecule has 0 aliphatic rings. The molecule has 0 bridgehead atoms. The van der Waals surface area contributed by atoms with E-state index in [1.165, 1.54) is 0 Å². The summed E-state index contributed by atoms with van der Waals surface area (Å²) in [7, 11) is 0. The van der Waals surface area contributed by atoms with Crippen molar-refractivity contribution < 1.29 is 13.2 Å². The van der Waals surface area contributed by atoms with Gasteiger partial charge in [0.15, 0.2) is 5.82 Å². The van der Waals surface area contributed by atoms with Crippen molar-refractivity contribution in [2.75, 3.05) is 0 Å². The van der Waals surface area contributed by atoms with Crippen LogP contribution in [0, 0.1) is 11.8 Å². The van der Waals surface area contributed by atoms with Crippen molar-refractivity contribution in [1.82, 2.24) is 0 Å². The maximum atomic E-state index is 12.4. The summed E-state index contributed by atoms with van der Waals surface area (Å²) in [5.41, 5.74) is -0.342. The molecule has 0 unspecified atom stereocenters. The Morgan fingerprint density at radius 1 is 1.27 bits per heavy atom. The monoisotopic (exact) mass is 160 g/mol. The zero-order valence-electron chi connectivity index (χ0n) is 6.74. The van der Waals surface area contributed by atoms with Crippen molar-refractivity contribution in [1.29, 1.82) is 0 Å². The van der Waals surface area contributed by atoms with Gasteiger partial charge in [-0.15, -0.1) is 0 Å². The first-order valence-electron chi connectivity index (χ1n) is 3.36. The third-order valence-corrected chi connectivity index (χ3v) is 1.38. The molecule has 0 aliphatic carbocycles. The maximum Gasteiger partial charge on any atom is 0.314 e. The average Bonchev–Trinajstić information content (AvgIpc) is 2.11. The molecule has 0 amide bonds. The van der Waals surface area contributed by atoms with Crippen molar-refractivity contribution in [3.8, 4) is 0 Å². The predicted octanol–water partition coefficient (Wildman–Crippen LogP) is 2.86. The van der Waals surface area contributed by atoms with Gasteiger partial charge in [0.1, 0.15) is 5.76 Å². The number of hydrogen-bond acceptors (Lipinski definition) is 1. The lowest BCUT2D eigenvalue weighted by Crippen LogP contribution is -2.09. The Labute approximate surface area is 64.0 Å². The zero-order valence-corrected chi connectivity index (χ0v) is 6.74. The highest BCUT2D eigenvalue weighted by Gasteiger charge is 2.21. The van der Waals surface area contributed by atoms with E-state index >= 15 is 0 Å². The van der Waals surface area contributed by atoms with E-state index in [2.05, 4.69) is 4.42 Å². The van der Waals surface area contributed by atoms with Gasteiger partial charge in [-0.3, -0.25) is 0 Å². The molecular formula is C8H10F2O. The van der Waals surface area contributed by atoms with E-state index in [-0.39, 0.29) is 5.41 Å². The Morgan fingerprint density at radius 2 is 1.82 bits per heavy atom. The molecule has 1 aromatic heterocycles. The fourth-order valence-electron chi connectivity index (χ4n) is 0.716. The average molecular weight is 160 g/mol. The molecule has 0 aliphatic heterocycles. The van der Waals surface area contributed by atoms with Crippen molar-refractivity contribution in [3.63, 3.8) is 0 Å². The van der Waals surface area contributed by atoms with Crippen LogP contribution in [0.2, 0.25) is 0 Å². The van der Waals surface area contributed by atoms with Gasteiger partial charge in [-0.05, 0) is 0 Å². The standard InChI is InChI=1S/C8H10F2O/c1-8(2,3)6-4-5(9)7(10)11-6/h4H,1-3H3. The lowest BCUT2D eigenvalue weighted by Gasteiger charge is -2.13. The second-order valence-electron chi connectivity index (χ2n) is 3.48. The van der Waals surface area contributed by atoms with Gasteiger partial charge in [-0.2, -0.15) is 8.78 Å². The van der Waals surface area contributed by atoms with Crippen LogP contribution in [0.25, 0.3) is 0 Å². The summed E-state index contributed by atoms with van der Waals surface area (Å²) in [5.74, 6) is -0.595. The summed E-state index contributed by atoms with van der Waals surface area (Å²) in [6.45, 7) is 5.47. The molecule has 1 heterocycles. The number of rotatable bonds is 0. The summed E-state index contributed by atoms with van der Waals surface area (Å²) >= 11 is 0. The molecule has 3 heteroatoms. The van der Waals surface area contributed by atoms with E-state index in [1.54, 1.807) is 0 Å². The lowest BCUT2D eigenvalue weighted by atomic mass is 9.94. The minimum absolute atomic E-state index is 0.326. The molecule has 0 fully saturated rings. The molecule has 0 N–H and O–H groups in total. The smallest absolute Gasteiger partial charge is 0.314 e. The summed E-state index contributed by atoms with van der Waals surface area (Å²) < 4.78 is 29.3. The van der Waals surface area contributed by atoms with Gasteiger partial charge in [-0.25, -0.2) is 0 Å².